The van der Waals surface area contributed by atoms with Crippen molar-refractivity contribution in [3.63, 3.8) is 0 Å². The van der Waals surface area contributed by atoms with Gasteiger partial charge < -0.3 is 25.4 Å². The predicted octanol–water partition coefficient (Wildman–Crippen LogP) is 2.44. The molecule has 1 aromatic carbocycles. The molecule has 1 heterocycles. The number of amides is 2. The molecule has 0 saturated carbocycles. The van der Waals surface area contributed by atoms with E-state index in [0.29, 0.717) is 0 Å². The zero-order valence-electron chi connectivity index (χ0n) is 15.0. The van der Waals surface area contributed by atoms with Gasteiger partial charge in [-0.1, -0.05) is 19.1 Å². The van der Waals surface area contributed by atoms with Crippen LogP contribution in [-0.4, -0.2) is 49.1 Å². The number of benzene rings is 1. The van der Waals surface area contributed by atoms with E-state index < -0.39 is 0 Å². The van der Waals surface area contributed by atoms with E-state index >= 15 is 0 Å². The fraction of sp³-hybridized carbons (Fsp3) is 0.611. The van der Waals surface area contributed by atoms with Crippen molar-refractivity contribution >= 4 is 17.4 Å². The van der Waals surface area contributed by atoms with Gasteiger partial charge in [0, 0.05) is 25.7 Å². The van der Waals surface area contributed by atoms with E-state index in [1.807, 2.05) is 38.1 Å². The molecule has 2 amide bonds. The lowest BCUT2D eigenvalue weighted by molar-refractivity contribution is -0.00517. The molecule has 134 valence electrons. The maximum absolute atomic E-state index is 12.3. The SMILES string of the molecule is C[C@@H]1CN(c2ccccc2NC(=O)N[C@H](C)[C@@H](C)CO)C[C@H](C)O1. The van der Waals surface area contributed by atoms with Crippen molar-refractivity contribution in [2.75, 3.05) is 29.9 Å². The number of nitrogens with zero attached hydrogens (tertiary/aromatic N) is 1. The average Bonchev–Trinajstić information content (AvgIpc) is 2.53. The molecule has 0 spiro atoms. The molecule has 1 saturated heterocycles. The van der Waals surface area contributed by atoms with Gasteiger partial charge >= 0.3 is 6.03 Å². The lowest BCUT2D eigenvalue weighted by Gasteiger charge is -2.37. The third-order valence-electron chi connectivity index (χ3n) is 4.41. The van der Waals surface area contributed by atoms with E-state index in [0.717, 1.165) is 24.5 Å². The van der Waals surface area contributed by atoms with Gasteiger partial charge in [0.25, 0.3) is 0 Å². The van der Waals surface area contributed by atoms with Crippen LogP contribution in [0.4, 0.5) is 16.2 Å². The smallest absolute Gasteiger partial charge is 0.319 e. The molecular weight excluding hydrogens is 306 g/mol. The fourth-order valence-corrected chi connectivity index (χ4v) is 2.90. The van der Waals surface area contributed by atoms with Crippen molar-refractivity contribution in [1.29, 1.82) is 0 Å². The molecule has 1 aliphatic heterocycles. The number of urea groups is 1. The molecule has 0 radical (unpaired) electrons. The maximum atomic E-state index is 12.3. The summed E-state index contributed by atoms with van der Waals surface area (Å²) in [6, 6.07) is 7.43. The normalized spacial score (nSPS) is 23.5. The minimum Gasteiger partial charge on any atom is -0.396 e. The van der Waals surface area contributed by atoms with Crippen LogP contribution in [0, 0.1) is 5.92 Å². The van der Waals surface area contributed by atoms with Crippen LogP contribution in [0.3, 0.4) is 0 Å². The van der Waals surface area contributed by atoms with Crippen LogP contribution in [0.25, 0.3) is 0 Å². The highest BCUT2D eigenvalue weighted by atomic mass is 16.5. The summed E-state index contributed by atoms with van der Waals surface area (Å²) in [7, 11) is 0. The zero-order valence-corrected chi connectivity index (χ0v) is 15.0. The zero-order chi connectivity index (χ0) is 17.7. The Labute approximate surface area is 144 Å². The number of hydrogen-bond acceptors (Lipinski definition) is 4. The van der Waals surface area contributed by atoms with Crippen LogP contribution in [0.15, 0.2) is 24.3 Å². The van der Waals surface area contributed by atoms with Gasteiger partial charge in [0.15, 0.2) is 0 Å². The standard InChI is InChI=1S/C18H29N3O3/c1-12(11-22)15(4)19-18(23)20-16-7-5-6-8-17(16)21-9-13(2)24-14(3)10-21/h5-8,12-15,22H,9-11H2,1-4H3,(H2,19,20,23)/t12-,13-,14+,15+/m0/s1. The first kappa shape index (κ1) is 18.5. The topological polar surface area (TPSA) is 73.8 Å². The van der Waals surface area contributed by atoms with Crippen molar-refractivity contribution in [2.24, 2.45) is 5.92 Å². The average molecular weight is 335 g/mol. The first-order valence-electron chi connectivity index (χ1n) is 8.58. The first-order valence-corrected chi connectivity index (χ1v) is 8.58. The second-order valence-electron chi connectivity index (χ2n) is 6.73. The molecule has 1 aromatic rings. The van der Waals surface area contributed by atoms with Gasteiger partial charge in [0.2, 0.25) is 0 Å². The van der Waals surface area contributed by atoms with Gasteiger partial charge in [-0.3, -0.25) is 0 Å². The number of aliphatic hydroxyl groups excluding tert-OH is 1. The summed E-state index contributed by atoms with van der Waals surface area (Å²) < 4.78 is 5.79. The summed E-state index contributed by atoms with van der Waals surface area (Å²) in [4.78, 5) is 14.5. The Morgan fingerprint density at radius 3 is 2.54 bits per heavy atom. The van der Waals surface area contributed by atoms with Gasteiger partial charge in [-0.2, -0.15) is 0 Å². The number of nitrogens with one attached hydrogen (secondary N) is 2. The number of rotatable bonds is 5. The first-order chi connectivity index (χ1) is 11.4. The second-order valence-corrected chi connectivity index (χ2v) is 6.73. The summed E-state index contributed by atoms with van der Waals surface area (Å²) >= 11 is 0. The molecule has 0 bridgehead atoms. The summed E-state index contributed by atoms with van der Waals surface area (Å²) in [6.45, 7) is 9.53. The largest absolute Gasteiger partial charge is 0.396 e. The number of anilines is 2. The van der Waals surface area contributed by atoms with E-state index in [1.165, 1.54) is 0 Å². The number of carbonyl (C=O) groups is 1. The van der Waals surface area contributed by atoms with E-state index in [2.05, 4.69) is 29.4 Å². The van der Waals surface area contributed by atoms with Gasteiger partial charge in [0.05, 0.1) is 23.6 Å². The molecule has 1 aliphatic rings. The highest BCUT2D eigenvalue weighted by Gasteiger charge is 2.24. The van der Waals surface area contributed by atoms with Crippen molar-refractivity contribution < 1.29 is 14.6 Å². The lowest BCUT2D eigenvalue weighted by atomic mass is 10.1. The molecule has 4 atom stereocenters. The molecule has 1 fully saturated rings. The van der Waals surface area contributed by atoms with Gasteiger partial charge in [-0.15, -0.1) is 0 Å². The van der Waals surface area contributed by atoms with Crippen LogP contribution < -0.4 is 15.5 Å². The number of carbonyl (C=O) groups excluding carboxylic acids is 1. The monoisotopic (exact) mass is 335 g/mol. The summed E-state index contributed by atoms with van der Waals surface area (Å²) in [6.07, 6.45) is 0.308. The van der Waals surface area contributed by atoms with Crippen LogP contribution in [0.2, 0.25) is 0 Å². The molecule has 0 aromatic heterocycles. The number of ether oxygens (including phenoxy) is 1. The Kier molecular flexibility index (Phi) is 6.45. The number of hydrogen-bond donors (Lipinski definition) is 3. The minimum absolute atomic E-state index is 0.00642. The molecule has 24 heavy (non-hydrogen) atoms. The molecule has 6 heteroatoms. The molecule has 0 unspecified atom stereocenters. The van der Waals surface area contributed by atoms with Crippen LogP contribution in [0.1, 0.15) is 27.7 Å². The maximum Gasteiger partial charge on any atom is 0.319 e. The number of para-hydroxylation sites is 2. The quantitative estimate of drug-likeness (QED) is 0.773. The Morgan fingerprint density at radius 2 is 1.92 bits per heavy atom. The highest BCUT2D eigenvalue weighted by Crippen LogP contribution is 2.28. The predicted molar refractivity (Wildman–Crippen MR) is 96.5 cm³/mol. The van der Waals surface area contributed by atoms with Crippen molar-refractivity contribution in [3.8, 4) is 0 Å². The Hall–Kier alpha value is -1.79. The van der Waals surface area contributed by atoms with Crippen LogP contribution >= 0.6 is 0 Å². The highest BCUT2D eigenvalue weighted by molar-refractivity contribution is 5.93. The summed E-state index contributed by atoms with van der Waals surface area (Å²) in [5, 5.41) is 15.0. The number of morpholine rings is 1. The van der Waals surface area contributed by atoms with Crippen molar-refractivity contribution in [3.05, 3.63) is 24.3 Å². The second kappa shape index (κ2) is 8.35. The van der Waals surface area contributed by atoms with E-state index in [9.17, 15) is 9.90 Å². The molecule has 0 aliphatic carbocycles. The van der Waals surface area contributed by atoms with Crippen LogP contribution in [0.5, 0.6) is 0 Å². The van der Waals surface area contributed by atoms with E-state index in [-0.39, 0.29) is 36.8 Å². The fourth-order valence-electron chi connectivity index (χ4n) is 2.90. The Bertz CT molecular complexity index is 542. The Morgan fingerprint density at radius 1 is 1.29 bits per heavy atom. The van der Waals surface area contributed by atoms with Crippen molar-refractivity contribution in [1.82, 2.24) is 5.32 Å². The van der Waals surface area contributed by atoms with E-state index in [1.54, 1.807) is 0 Å². The van der Waals surface area contributed by atoms with Gasteiger partial charge in [-0.05, 0) is 38.8 Å². The molecule has 3 N–H and O–H groups in total. The van der Waals surface area contributed by atoms with Gasteiger partial charge in [0.1, 0.15) is 0 Å². The van der Waals surface area contributed by atoms with E-state index in [4.69, 9.17) is 4.74 Å². The minimum atomic E-state index is -0.260. The van der Waals surface area contributed by atoms with Gasteiger partial charge in [-0.25, -0.2) is 4.79 Å². The Balaban J connectivity index is 2.07. The third kappa shape index (κ3) is 4.85. The van der Waals surface area contributed by atoms with Crippen molar-refractivity contribution in [2.45, 2.75) is 45.9 Å². The number of aliphatic hydroxyl groups is 1. The molecular formula is C18H29N3O3. The summed E-state index contributed by atoms with van der Waals surface area (Å²) in [5.74, 6) is 0.00642. The molecule has 6 nitrogen and oxygen atoms in total. The lowest BCUT2D eigenvalue weighted by Crippen LogP contribution is -2.46. The third-order valence-corrected chi connectivity index (χ3v) is 4.41. The summed E-state index contributed by atoms with van der Waals surface area (Å²) in [5.41, 5.74) is 1.78. The van der Waals surface area contributed by atoms with Crippen LogP contribution in [-0.2, 0) is 4.74 Å². The molecule has 2 rings (SSSR count).